The molecule has 3 N–H and O–H groups in total. The maximum absolute atomic E-state index is 5.93. The van der Waals surface area contributed by atoms with Crippen molar-refractivity contribution in [1.82, 2.24) is 9.97 Å². The molecule has 2 aromatic carbocycles. The van der Waals surface area contributed by atoms with Crippen molar-refractivity contribution in [3.63, 3.8) is 0 Å². The quantitative estimate of drug-likeness (QED) is 0.719. The Kier molecular flexibility index (Phi) is 4.98. The van der Waals surface area contributed by atoms with Crippen molar-refractivity contribution in [2.75, 3.05) is 17.6 Å². The molecule has 0 spiro atoms. The summed E-state index contributed by atoms with van der Waals surface area (Å²) in [7, 11) is 0. The zero-order valence-corrected chi connectivity index (χ0v) is 15.0. The number of anilines is 2. The van der Waals surface area contributed by atoms with Crippen molar-refractivity contribution in [1.29, 1.82) is 0 Å². The van der Waals surface area contributed by atoms with Gasteiger partial charge < -0.3 is 11.1 Å². The number of benzene rings is 2. The normalized spacial score (nSPS) is 12.0. The number of hydrogen-bond donors (Lipinski definition) is 2. The van der Waals surface area contributed by atoms with Crippen molar-refractivity contribution < 1.29 is 0 Å². The summed E-state index contributed by atoms with van der Waals surface area (Å²) in [4.78, 5) is 8.72. The maximum Gasteiger partial charge on any atom is 0.222 e. The van der Waals surface area contributed by atoms with E-state index in [9.17, 15) is 0 Å². The SMILES string of the molecule is Cc1cc(C)cc(-c2cc(NCC(C)c3ccccc3)nc(N)n2)c1. The Bertz CT molecular complexity index is 839. The number of nitrogen functional groups attached to an aromatic ring is 1. The highest BCUT2D eigenvalue weighted by Gasteiger charge is 2.09. The highest BCUT2D eigenvalue weighted by atomic mass is 15.1. The second-order valence-corrected chi connectivity index (χ2v) is 6.57. The molecular formula is C21H24N4. The summed E-state index contributed by atoms with van der Waals surface area (Å²) in [6.45, 7) is 7.15. The molecule has 0 fully saturated rings. The van der Waals surface area contributed by atoms with Crippen LogP contribution in [0.5, 0.6) is 0 Å². The fourth-order valence-corrected chi connectivity index (χ4v) is 2.98. The van der Waals surface area contributed by atoms with Gasteiger partial charge in [0.2, 0.25) is 5.95 Å². The number of aromatic nitrogens is 2. The molecule has 0 aliphatic carbocycles. The minimum atomic E-state index is 0.284. The number of nitrogens with one attached hydrogen (secondary N) is 1. The lowest BCUT2D eigenvalue weighted by Gasteiger charge is -2.14. The van der Waals surface area contributed by atoms with Gasteiger partial charge in [0, 0.05) is 18.2 Å². The molecule has 0 aliphatic rings. The van der Waals surface area contributed by atoms with Gasteiger partial charge in [-0.2, -0.15) is 4.98 Å². The van der Waals surface area contributed by atoms with E-state index in [1.54, 1.807) is 0 Å². The van der Waals surface area contributed by atoms with Gasteiger partial charge in [0.1, 0.15) is 5.82 Å². The second kappa shape index (κ2) is 7.34. The van der Waals surface area contributed by atoms with Gasteiger partial charge in [0.05, 0.1) is 5.69 Å². The average molecular weight is 332 g/mol. The molecule has 1 heterocycles. The Hall–Kier alpha value is -2.88. The second-order valence-electron chi connectivity index (χ2n) is 6.57. The molecule has 0 radical (unpaired) electrons. The highest BCUT2D eigenvalue weighted by Crippen LogP contribution is 2.24. The summed E-state index contributed by atoms with van der Waals surface area (Å²) in [5.74, 6) is 1.41. The van der Waals surface area contributed by atoms with Crippen LogP contribution in [0.1, 0.15) is 29.5 Å². The van der Waals surface area contributed by atoms with Crippen molar-refractivity contribution in [3.05, 3.63) is 71.3 Å². The molecule has 4 heteroatoms. The Labute approximate surface area is 149 Å². The molecule has 0 saturated carbocycles. The van der Waals surface area contributed by atoms with E-state index in [0.29, 0.717) is 5.92 Å². The predicted molar refractivity (Wildman–Crippen MR) is 105 cm³/mol. The van der Waals surface area contributed by atoms with Crippen LogP contribution in [0, 0.1) is 13.8 Å². The van der Waals surface area contributed by atoms with Gasteiger partial charge in [-0.3, -0.25) is 0 Å². The predicted octanol–water partition coefficient (Wildman–Crippen LogP) is 4.56. The molecule has 128 valence electrons. The van der Waals surface area contributed by atoms with Crippen LogP contribution >= 0.6 is 0 Å². The molecule has 0 amide bonds. The fraction of sp³-hybridized carbons (Fsp3) is 0.238. The molecule has 0 bridgehead atoms. The number of aryl methyl sites for hydroxylation is 2. The molecule has 0 aliphatic heterocycles. The Balaban J connectivity index is 1.80. The lowest BCUT2D eigenvalue weighted by atomic mass is 10.0. The van der Waals surface area contributed by atoms with Gasteiger partial charge in [-0.15, -0.1) is 0 Å². The average Bonchev–Trinajstić information content (AvgIpc) is 2.59. The Morgan fingerprint density at radius 1 is 0.960 bits per heavy atom. The van der Waals surface area contributed by atoms with Crippen LogP contribution in [0.2, 0.25) is 0 Å². The van der Waals surface area contributed by atoms with Crippen LogP contribution in [0.4, 0.5) is 11.8 Å². The molecule has 3 rings (SSSR count). The summed E-state index contributed by atoms with van der Waals surface area (Å²) in [5.41, 5.74) is 11.5. The lowest BCUT2D eigenvalue weighted by molar-refractivity contribution is 0.801. The monoisotopic (exact) mass is 332 g/mol. The van der Waals surface area contributed by atoms with Gasteiger partial charge in [-0.25, -0.2) is 4.98 Å². The standard InChI is InChI=1S/C21H24N4/c1-14-9-15(2)11-18(10-14)19-12-20(25-21(22)24-19)23-13-16(3)17-7-5-4-6-8-17/h4-12,16H,13H2,1-3H3,(H3,22,23,24,25). The lowest BCUT2D eigenvalue weighted by Crippen LogP contribution is -2.12. The third kappa shape index (κ3) is 4.35. The third-order valence-corrected chi connectivity index (χ3v) is 4.22. The van der Waals surface area contributed by atoms with Crippen LogP contribution in [0.3, 0.4) is 0 Å². The van der Waals surface area contributed by atoms with Crippen molar-refractivity contribution >= 4 is 11.8 Å². The zero-order valence-electron chi connectivity index (χ0n) is 15.0. The van der Waals surface area contributed by atoms with Crippen molar-refractivity contribution in [2.45, 2.75) is 26.7 Å². The number of nitrogens with two attached hydrogens (primary N) is 1. The van der Waals surface area contributed by atoms with Crippen LogP contribution < -0.4 is 11.1 Å². The maximum atomic E-state index is 5.93. The number of rotatable bonds is 5. The van der Waals surface area contributed by atoms with E-state index in [1.807, 2.05) is 12.1 Å². The van der Waals surface area contributed by atoms with Gasteiger partial charge in [0.25, 0.3) is 0 Å². The van der Waals surface area contributed by atoms with E-state index >= 15 is 0 Å². The zero-order chi connectivity index (χ0) is 17.8. The molecule has 3 aromatic rings. The highest BCUT2D eigenvalue weighted by molar-refractivity contribution is 5.65. The molecule has 1 unspecified atom stereocenters. The first-order valence-corrected chi connectivity index (χ1v) is 8.53. The Morgan fingerprint density at radius 2 is 1.64 bits per heavy atom. The first-order chi connectivity index (χ1) is 12.0. The summed E-state index contributed by atoms with van der Waals surface area (Å²) < 4.78 is 0. The summed E-state index contributed by atoms with van der Waals surface area (Å²) in [5, 5.41) is 3.39. The number of hydrogen-bond acceptors (Lipinski definition) is 4. The minimum absolute atomic E-state index is 0.284. The topological polar surface area (TPSA) is 63.8 Å². The molecule has 1 aromatic heterocycles. The Morgan fingerprint density at radius 3 is 2.32 bits per heavy atom. The van der Waals surface area contributed by atoms with E-state index < -0.39 is 0 Å². The van der Waals surface area contributed by atoms with Gasteiger partial charge in [-0.1, -0.05) is 54.4 Å². The first kappa shape index (κ1) is 17.0. The fourth-order valence-electron chi connectivity index (χ4n) is 2.98. The van der Waals surface area contributed by atoms with E-state index in [0.717, 1.165) is 23.6 Å². The summed E-state index contributed by atoms with van der Waals surface area (Å²) in [6, 6.07) is 18.8. The van der Waals surface area contributed by atoms with E-state index in [4.69, 9.17) is 5.73 Å². The summed E-state index contributed by atoms with van der Waals surface area (Å²) in [6.07, 6.45) is 0. The van der Waals surface area contributed by atoms with Crippen LogP contribution in [0.15, 0.2) is 54.6 Å². The number of nitrogens with zero attached hydrogens (tertiary/aromatic N) is 2. The molecule has 1 atom stereocenters. The van der Waals surface area contributed by atoms with Crippen LogP contribution in [-0.2, 0) is 0 Å². The van der Waals surface area contributed by atoms with E-state index in [1.165, 1.54) is 16.7 Å². The van der Waals surface area contributed by atoms with E-state index in [2.05, 4.69) is 78.5 Å². The molecule has 0 saturated heterocycles. The van der Waals surface area contributed by atoms with Crippen LogP contribution in [0.25, 0.3) is 11.3 Å². The molecule has 25 heavy (non-hydrogen) atoms. The van der Waals surface area contributed by atoms with Crippen molar-refractivity contribution in [2.24, 2.45) is 0 Å². The largest absolute Gasteiger partial charge is 0.369 e. The summed E-state index contributed by atoms with van der Waals surface area (Å²) >= 11 is 0. The van der Waals surface area contributed by atoms with Crippen LogP contribution in [-0.4, -0.2) is 16.5 Å². The van der Waals surface area contributed by atoms with Crippen molar-refractivity contribution in [3.8, 4) is 11.3 Å². The smallest absolute Gasteiger partial charge is 0.222 e. The van der Waals surface area contributed by atoms with Gasteiger partial charge in [-0.05, 0) is 37.5 Å². The molecular weight excluding hydrogens is 308 g/mol. The molecule has 4 nitrogen and oxygen atoms in total. The third-order valence-electron chi connectivity index (χ3n) is 4.22. The van der Waals surface area contributed by atoms with Gasteiger partial charge in [0.15, 0.2) is 0 Å². The van der Waals surface area contributed by atoms with E-state index in [-0.39, 0.29) is 5.95 Å². The first-order valence-electron chi connectivity index (χ1n) is 8.53. The minimum Gasteiger partial charge on any atom is -0.369 e. The van der Waals surface area contributed by atoms with Gasteiger partial charge >= 0.3 is 0 Å².